The van der Waals surface area contributed by atoms with Crippen molar-refractivity contribution in [2.75, 3.05) is 19.6 Å². The Morgan fingerprint density at radius 3 is 1.86 bits per heavy atom. The van der Waals surface area contributed by atoms with Crippen LogP contribution in [0.4, 0.5) is 0 Å². The summed E-state index contributed by atoms with van der Waals surface area (Å²) in [6.07, 6.45) is 3.69. The first-order valence-electron chi connectivity index (χ1n) is 8.75. The van der Waals surface area contributed by atoms with Gasteiger partial charge in [0.15, 0.2) is 11.5 Å². The Hall–Kier alpha value is -2.51. The molecular formula is C20H28ClNO6. The Bertz CT molecular complexity index is 755. The highest BCUT2D eigenvalue weighted by molar-refractivity contribution is 5.86. The fraction of sp³-hybridized carbons (Fsp3) is 0.400. The van der Waals surface area contributed by atoms with Crippen molar-refractivity contribution in [3.05, 3.63) is 35.9 Å². The highest BCUT2D eigenvalue weighted by atomic mass is 35.5. The van der Waals surface area contributed by atoms with Crippen molar-refractivity contribution in [2.45, 2.75) is 33.1 Å². The molecule has 1 heterocycles. The van der Waals surface area contributed by atoms with E-state index in [0.717, 1.165) is 37.6 Å². The SMILES string of the molecule is CC(=O)O.CC(=O)O.Cl.Oc1cc2ccc(CCN3CCCC3)cc2cc1O. The average Bonchev–Trinajstić information content (AvgIpc) is 3.06. The lowest BCUT2D eigenvalue weighted by atomic mass is 10.0. The molecule has 0 saturated carbocycles. The summed E-state index contributed by atoms with van der Waals surface area (Å²) in [4.78, 5) is 20.5. The first kappa shape index (κ1) is 25.5. The molecule has 0 spiro atoms. The van der Waals surface area contributed by atoms with E-state index in [9.17, 15) is 10.2 Å². The lowest BCUT2D eigenvalue weighted by Crippen LogP contribution is -2.21. The Balaban J connectivity index is 0.000000697. The second-order valence-electron chi connectivity index (χ2n) is 6.36. The molecule has 0 atom stereocenters. The van der Waals surface area contributed by atoms with Crippen LogP contribution in [-0.2, 0) is 16.0 Å². The van der Waals surface area contributed by atoms with Gasteiger partial charge < -0.3 is 25.3 Å². The molecule has 28 heavy (non-hydrogen) atoms. The number of hydrogen-bond donors (Lipinski definition) is 4. The molecule has 1 aliphatic rings. The van der Waals surface area contributed by atoms with Crippen LogP contribution in [0.1, 0.15) is 32.3 Å². The minimum Gasteiger partial charge on any atom is -0.504 e. The molecule has 2 aromatic carbocycles. The van der Waals surface area contributed by atoms with Gasteiger partial charge >= 0.3 is 0 Å². The van der Waals surface area contributed by atoms with Gasteiger partial charge in [-0.25, -0.2) is 0 Å². The van der Waals surface area contributed by atoms with Crippen LogP contribution in [0.2, 0.25) is 0 Å². The monoisotopic (exact) mass is 413 g/mol. The number of carboxylic acids is 2. The summed E-state index contributed by atoms with van der Waals surface area (Å²) < 4.78 is 0. The summed E-state index contributed by atoms with van der Waals surface area (Å²) in [5, 5.41) is 35.8. The second kappa shape index (κ2) is 12.8. The largest absolute Gasteiger partial charge is 0.504 e. The Labute approximate surface area is 170 Å². The number of phenols is 2. The number of halogens is 1. The molecule has 1 fully saturated rings. The summed E-state index contributed by atoms with van der Waals surface area (Å²) in [7, 11) is 0. The maximum Gasteiger partial charge on any atom is 0.300 e. The minimum atomic E-state index is -0.833. The number of benzene rings is 2. The molecule has 0 bridgehead atoms. The van der Waals surface area contributed by atoms with Gasteiger partial charge in [-0.3, -0.25) is 9.59 Å². The van der Waals surface area contributed by atoms with Gasteiger partial charge in [-0.2, -0.15) is 0 Å². The molecule has 0 radical (unpaired) electrons. The molecule has 156 valence electrons. The van der Waals surface area contributed by atoms with Crippen molar-refractivity contribution in [3.8, 4) is 11.5 Å². The molecule has 3 rings (SSSR count). The Morgan fingerprint density at radius 2 is 1.36 bits per heavy atom. The predicted octanol–water partition coefficient (Wildman–Crippen LogP) is 3.49. The van der Waals surface area contributed by atoms with Gasteiger partial charge in [-0.15, -0.1) is 12.4 Å². The molecular weight excluding hydrogens is 386 g/mol. The molecule has 1 aliphatic heterocycles. The molecule has 0 aliphatic carbocycles. The number of rotatable bonds is 3. The summed E-state index contributed by atoms with van der Waals surface area (Å²) in [6.45, 7) is 5.72. The smallest absolute Gasteiger partial charge is 0.300 e. The fourth-order valence-electron chi connectivity index (χ4n) is 2.77. The summed E-state index contributed by atoms with van der Waals surface area (Å²) in [5.41, 5.74) is 1.28. The number of carboxylic acid groups (broad SMARTS) is 2. The molecule has 1 saturated heterocycles. The van der Waals surface area contributed by atoms with Crippen molar-refractivity contribution >= 4 is 35.1 Å². The van der Waals surface area contributed by atoms with E-state index in [1.807, 2.05) is 6.07 Å². The third kappa shape index (κ3) is 9.99. The van der Waals surface area contributed by atoms with Crippen LogP contribution >= 0.6 is 12.4 Å². The van der Waals surface area contributed by atoms with Gasteiger partial charge in [0.2, 0.25) is 0 Å². The normalized spacial score (nSPS) is 12.8. The number of phenolic OH excluding ortho intramolecular Hbond substituents is 2. The van der Waals surface area contributed by atoms with Gasteiger partial charge in [-0.05, 0) is 60.8 Å². The number of aliphatic carboxylic acids is 2. The van der Waals surface area contributed by atoms with E-state index >= 15 is 0 Å². The number of hydrogen-bond acceptors (Lipinski definition) is 5. The van der Waals surface area contributed by atoms with Gasteiger partial charge in [0.25, 0.3) is 11.9 Å². The van der Waals surface area contributed by atoms with Crippen LogP contribution in [-0.4, -0.2) is 56.9 Å². The fourth-order valence-corrected chi connectivity index (χ4v) is 2.77. The number of fused-ring (bicyclic) bond motifs is 1. The topological polar surface area (TPSA) is 118 Å². The van der Waals surface area contributed by atoms with Crippen molar-refractivity contribution in [3.63, 3.8) is 0 Å². The number of aromatic hydroxyl groups is 2. The van der Waals surface area contributed by atoms with Crippen molar-refractivity contribution in [1.82, 2.24) is 4.90 Å². The number of nitrogens with zero attached hydrogens (tertiary/aromatic N) is 1. The zero-order valence-corrected chi connectivity index (χ0v) is 16.9. The van der Waals surface area contributed by atoms with Crippen LogP contribution in [0.5, 0.6) is 11.5 Å². The van der Waals surface area contributed by atoms with Crippen LogP contribution in [0, 0.1) is 0 Å². The Morgan fingerprint density at radius 1 is 0.893 bits per heavy atom. The average molecular weight is 414 g/mol. The van der Waals surface area contributed by atoms with Crippen molar-refractivity contribution < 1.29 is 30.0 Å². The standard InChI is InChI=1S/C16H19NO2.2C2H4O2.ClH/c18-15-10-13-4-3-12(9-14(13)11-16(15)19)5-8-17-6-1-2-7-17;2*1-2(3)4;/h3-4,9-11,18-19H,1-2,5-8H2;2*1H3,(H,3,4);1H. The van der Waals surface area contributed by atoms with E-state index in [1.54, 1.807) is 12.1 Å². The zero-order chi connectivity index (χ0) is 20.4. The van der Waals surface area contributed by atoms with Gasteiger partial charge in [0.1, 0.15) is 0 Å². The molecule has 0 unspecified atom stereocenters. The molecule has 0 aromatic heterocycles. The lowest BCUT2D eigenvalue weighted by molar-refractivity contribution is -0.135. The van der Waals surface area contributed by atoms with E-state index in [0.29, 0.717) is 0 Å². The van der Waals surface area contributed by atoms with E-state index in [4.69, 9.17) is 19.8 Å². The van der Waals surface area contributed by atoms with Crippen LogP contribution in [0.25, 0.3) is 10.8 Å². The summed E-state index contributed by atoms with van der Waals surface area (Å²) >= 11 is 0. The highest BCUT2D eigenvalue weighted by Gasteiger charge is 2.11. The summed E-state index contributed by atoms with van der Waals surface area (Å²) in [6, 6.07) is 9.45. The summed E-state index contributed by atoms with van der Waals surface area (Å²) in [5.74, 6) is -1.78. The van der Waals surface area contributed by atoms with Gasteiger partial charge in [0, 0.05) is 20.4 Å². The minimum absolute atomic E-state index is 0. The zero-order valence-electron chi connectivity index (χ0n) is 16.1. The van der Waals surface area contributed by atoms with E-state index in [1.165, 1.54) is 31.5 Å². The predicted molar refractivity (Wildman–Crippen MR) is 111 cm³/mol. The maximum atomic E-state index is 9.55. The number of carbonyl (C=O) groups is 2. The molecule has 2 aromatic rings. The quantitative estimate of drug-likeness (QED) is 0.568. The molecule has 8 heteroatoms. The van der Waals surface area contributed by atoms with E-state index in [2.05, 4.69) is 17.0 Å². The van der Waals surface area contributed by atoms with Crippen LogP contribution < -0.4 is 0 Å². The molecule has 0 amide bonds. The van der Waals surface area contributed by atoms with E-state index in [-0.39, 0.29) is 23.9 Å². The highest BCUT2D eigenvalue weighted by Crippen LogP contribution is 2.30. The lowest BCUT2D eigenvalue weighted by Gasteiger charge is -2.14. The van der Waals surface area contributed by atoms with Crippen molar-refractivity contribution in [2.24, 2.45) is 0 Å². The maximum absolute atomic E-state index is 9.55. The molecule has 4 N–H and O–H groups in total. The van der Waals surface area contributed by atoms with Gasteiger partial charge in [0.05, 0.1) is 0 Å². The number of likely N-dealkylation sites (tertiary alicyclic amines) is 1. The second-order valence-corrected chi connectivity index (χ2v) is 6.36. The third-order valence-corrected chi connectivity index (χ3v) is 3.91. The van der Waals surface area contributed by atoms with Crippen LogP contribution in [0.15, 0.2) is 30.3 Å². The Kier molecular flexibility index (Phi) is 11.7. The van der Waals surface area contributed by atoms with Crippen molar-refractivity contribution in [1.29, 1.82) is 0 Å². The first-order chi connectivity index (χ1) is 12.7. The molecule has 7 nitrogen and oxygen atoms in total. The third-order valence-electron chi connectivity index (χ3n) is 3.91. The van der Waals surface area contributed by atoms with Crippen LogP contribution in [0.3, 0.4) is 0 Å². The first-order valence-corrected chi connectivity index (χ1v) is 8.75. The van der Waals surface area contributed by atoms with Gasteiger partial charge in [-0.1, -0.05) is 18.2 Å². The van der Waals surface area contributed by atoms with E-state index < -0.39 is 11.9 Å².